The van der Waals surface area contributed by atoms with E-state index in [4.69, 9.17) is 9.84 Å². The van der Waals surface area contributed by atoms with Crippen LogP contribution >= 0.6 is 0 Å². The summed E-state index contributed by atoms with van der Waals surface area (Å²) in [6, 6.07) is 12.0. The maximum absolute atomic E-state index is 12.9. The summed E-state index contributed by atoms with van der Waals surface area (Å²) in [4.78, 5) is 23.4. The van der Waals surface area contributed by atoms with Crippen LogP contribution in [-0.4, -0.2) is 22.6 Å². The third kappa shape index (κ3) is 4.79. The number of amides is 1. The van der Waals surface area contributed by atoms with E-state index in [0.717, 1.165) is 0 Å². The van der Waals surface area contributed by atoms with Gasteiger partial charge in [-0.05, 0) is 62.7 Å². The van der Waals surface area contributed by atoms with Crippen molar-refractivity contribution >= 4 is 17.6 Å². The summed E-state index contributed by atoms with van der Waals surface area (Å²) in [7, 11) is 0. The predicted molar refractivity (Wildman–Crippen MR) is 92.2 cm³/mol. The molecule has 0 heterocycles. The van der Waals surface area contributed by atoms with Crippen molar-refractivity contribution in [1.82, 2.24) is 0 Å². The molecule has 0 aromatic heterocycles. The number of carbonyl (C=O) groups excluding carboxylic acids is 1. The van der Waals surface area contributed by atoms with Crippen molar-refractivity contribution in [3.05, 3.63) is 59.9 Å². The summed E-state index contributed by atoms with van der Waals surface area (Å²) >= 11 is 0. The molecule has 2 rings (SSSR count). The lowest BCUT2D eigenvalue weighted by molar-refractivity contribution is -0.138. The second-order valence-electron chi connectivity index (χ2n) is 6.20. The van der Waals surface area contributed by atoms with Crippen molar-refractivity contribution < 1.29 is 23.8 Å². The van der Waals surface area contributed by atoms with Gasteiger partial charge in [0.05, 0.1) is 5.92 Å². The number of rotatable bonds is 6. The highest BCUT2D eigenvalue weighted by atomic mass is 19.1. The van der Waals surface area contributed by atoms with Gasteiger partial charge in [0.25, 0.3) is 5.91 Å². The zero-order chi connectivity index (χ0) is 18.6. The maximum atomic E-state index is 12.9. The van der Waals surface area contributed by atoms with Gasteiger partial charge in [-0.1, -0.05) is 12.1 Å². The van der Waals surface area contributed by atoms with E-state index >= 15 is 0 Å². The fourth-order valence-electron chi connectivity index (χ4n) is 2.12. The molecular formula is C19H20FNO4. The van der Waals surface area contributed by atoms with Gasteiger partial charge in [0.2, 0.25) is 0 Å². The van der Waals surface area contributed by atoms with E-state index in [9.17, 15) is 14.0 Å². The highest BCUT2D eigenvalue weighted by molar-refractivity contribution is 5.97. The zero-order valence-electron chi connectivity index (χ0n) is 14.2. The highest BCUT2D eigenvalue weighted by Gasteiger charge is 2.30. The van der Waals surface area contributed by atoms with Crippen molar-refractivity contribution in [2.45, 2.75) is 32.3 Å². The van der Waals surface area contributed by atoms with Gasteiger partial charge in [-0.2, -0.15) is 0 Å². The quantitative estimate of drug-likeness (QED) is 0.835. The van der Waals surface area contributed by atoms with Crippen LogP contribution < -0.4 is 10.1 Å². The second kappa shape index (κ2) is 7.34. The van der Waals surface area contributed by atoms with Crippen molar-refractivity contribution in [3.8, 4) is 5.75 Å². The van der Waals surface area contributed by atoms with Crippen LogP contribution in [0.4, 0.5) is 10.1 Å². The SMILES string of the molecule is CC(C(=O)O)c1ccc(NC(=O)C(C)(C)Oc2ccc(F)cc2)cc1. The summed E-state index contributed by atoms with van der Waals surface area (Å²) in [5.41, 5.74) is -0.000328. The van der Waals surface area contributed by atoms with Crippen molar-refractivity contribution in [3.63, 3.8) is 0 Å². The van der Waals surface area contributed by atoms with Crippen LogP contribution in [0, 0.1) is 5.82 Å². The monoisotopic (exact) mass is 345 g/mol. The molecule has 6 heteroatoms. The molecule has 0 aliphatic heterocycles. The number of carbonyl (C=O) groups is 2. The zero-order valence-corrected chi connectivity index (χ0v) is 14.2. The number of halogens is 1. The molecule has 0 bridgehead atoms. The largest absolute Gasteiger partial charge is 0.481 e. The van der Waals surface area contributed by atoms with E-state index in [-0.39, 0.29) is 11.7 Å². The van der Waals surface area contributed by atoms with Crippen molar-refractivity contribution in [2.24, 2.45) is 0 Å². The van der Waals surface area contributed by atoms with Crippen LogP contribution in [0.25, 0.3) is 0 Å². The first-order valence-electron chi connectivity index (χ1n) is 7.78. The molecule has 2 aromatic rings. The van der Waals surface area contributed by atoms with Crippen molar-refractivity contribution in [2.75, 3.05) is 5.32 Å². The first-order valence-corrected chi connectivity index (χ1v) is 7.78. The molecule has 0 saturated carbocycles. The smallest absolute Gasteiger partial charge is 0.310 e. The first kappa shape index (κ1) is 18.4. The van der Waals surface area contributed by atoms with Crippen LogP contribution in [0.1, 0.15) is 32.3 Å². The Hall–Kier alpha value is -2.89. The summed E-state index contributed by atoms with van der Waals surface area (Å²) in [5, 5.41) is 11.7. The Morgan fingerprint density at radius 2 is 1.64 bits per heavy atom. The number of ether oxygens (including phenoxy) is 1. The standard InChI is InChI=1S/C19H20FNO4/c1-12(17(22)23)13-4-8-15(9-5-13)21-18(24)19(2,3)25-16-10-6-14(20)7-11-16/h4-12H,1-3H3,(H,21,24)(H,22,23). The number of nitrogens with one attached hydrogen (secondary N) is 1. The molecule has 2 N–H and O–H groups in total. The minimum Gasteiger partial charge on any atom is -0.481 e. The minimum absolute atomic E-state index is 0.379. The lowest BCUT2D eigenvalue weighted by Crippen LogP contribution is -2.42. The van der Waals surface area contributed by atoms with Gasteiger partial charge in [-0.25, -0.2) is 4.39 Å². The average molecular weight is 345 g/mol. The molecule has 0 aliphatic carbocycles. The Kier molecular flexibility index (Phi) is 5.41. The molecule has 0 aliphatic rings. The number of anilines is 1. The van der Waals surface area contributed by atoms with E-state index in [1.54, 1.807) is 45.0 Å². The van der Waals surface area contributed by atoms with Gasteiger partial charge >= 0.3 is 5.97 Å². The predicted octanol–water partition coefficient (Wildman–Crippen LogP) is 3.81. The summed E-state index contributed by atoms with van der Waals surface area (Å²) in [6.45, 7) is 4.80. The van der Waals surface area contributed by atoms with E-state index < -0.39 is 17.5 Å². The Morgan fingerprint density at radius 3 is 2.16 bits per heavy atom. The Labute approximate surface area is 145 Å². The molecule has 0 fully saturated rings. The Balaban J connectivity index is 2.04. The van der Waals surface area contributed by atoms with Crippen LogP contribution in [0.2, 0.25) is 0 Å². The van der Waals surface area contributed by atoms with Gasteiger partial charge in [0, 0.05) is 5.69 Å². The maximum Gasteiger partial charge on any atom is 0.310 e. The third-order valence-corrected chi connectivity index (χ3v) is 3.77. The number of hydrogen-bond acceptors (Lipinski definition) is 3. The molecule has 132 valence electrons. The molecule has 0 saturated heterocycles. The number of carboxylic acid groups (broad SMARTS) is 1. The minimum atomic E-state index is -1.18. The Bertz CT molecular complexity index is 754. The summed E-state index contributed by atoms with van der Waals surface area (Å²) in [6.07, 6.45) is 0. The normalized spacial score (nSPS) is 12.3. The van der Waals surface area contributed by atoms with Gasteiger partial charge in [0.1, 0.15) is 11.6 Å². The molecule has 1 atom stereocenters. The lowest BCUT2D eigenvalue weighted by Gasteiger charge is -2.25. The van der Waals surface area contributed by atoms with E-state index in [0.29, 0.717) is 17.0 Å². The number of hydrogen-bond donors (Lipinski definition) is 2. The lowest BCUT2D eigenvalue weighted by atomic mass is 10.0. The van der Waals surface area contributed by atoms with Crippen LogP contribution in [0.3, 0.4) is 0 Å². The fraction of sp³-hybridized carbons (Fsp3) is 0.263. The van der Waals surface area contributed by atoms with E-state index in [1.165, 1.54) is 24.3 Å². The van der Waals surface area contributed by atoms with Crippen molar-refractivity contribution in [1.29, 1.82) is 0 Å². The summed E-state index contributed by atoms with van der Waals surface area (Å²) < 4.78 is 18.6. The van der Waals surface area contributed by atoms with Gasteiger partial charge in [0.15, 0.2) is 5.60 Å². The number of aliphatic carboxylic acids is 1. The molecule has 1 unspecified atom stereocenters. The van der Waals surface area contributed by atoms with Gasteiger partial charge in [-0.15, -0.1) is 0 Å². The van der Waals surface area contributed by atoms with Gasteiger partial charge in [-0.3, -0.25) is 9.59 Å². The topological polar surface area (TPSA) is 75.6 Å². The molecule has 2 aromatic carbocycles. The van der Waals surface area contributed by atoms with E-state index in [1.807, 2.05) is 0 Å². The molecular weight excluding hydrogens is 325 g/mol. The Morgan fingerprint density at radius 1 is 1.08 bits per heavy atom. The molecule has 5 nitrogen and oxygen atoms in total. The van der Waals surface area contributed by atoms with Crippen LogP contribution in [-0.2, 0) is 9.59 Å². The first-order chi connectivity index (χ1) is 11.7. The van der Waals surface area contributed by atoms with Crippen LogP contribution in [0.15, 0.2) is 48.5 Å². The molecule has 25 heavy (non-hydrogen) atoms. The van der Waals surface area contributed by atoms with E-state index in [2.05, 4.69) is 5.32 Å². The summed E-state index contributed by atoms with van der Waals surface area (Å²) in [5.74, 6) is -1.91. The average Bonchev–Trinajstić information content (AvgIpc) is 2.56. The molecule has 0 radical (unpaired) electrons. The highest BCUT2D eigenvalue weighted by Crippen LogP contribution is 2.22. The fourth-order valence-corrected chi connectivity index (χ4v) is 2.12. The molecule has 1 amide bonds. The molecule has 0 spiro atoms. The van der Waals surface area contributed by atoms with Crippen LogP contribution in [0.5, 0.6) is 5.75 Å². The number of benzene rings is 2. The third-order valence-electron chi connectivity index (χ3n) is 3.77. The van der Waals surface area contributed by atoms with Gasteiger partial charge < -0.3 is 15.2 Å². The second-order valence-corrected chi connectivity index (χ2v) is 6.20. The number of carboxylic acids is 1.